The van der Waals surface area contributed by atoms with Gasteiger partial charge in [-0.3, -0.25) is 9.78 Å². The molecule has 3 aromatic rings. The Labute approximate surface area is 167 Å². The van der Waals surface area contributed by atoms with Crippen molar-refractivity contribution in [2.45, 2.75) is 26.2 Å². The van der Waals surface area contributed by atoms with Crippen LogP contribution in [0.15, 0.2) is 36.7 Å². The standard InChI is InChI=1S/C20H19Cl2N3O2/c1-3-4-13-6-7-14-12(5-8-17(27-2)19(14)24-13)9-18(26)25-20-15(21)10-23-11-16(20)22/h5-8,10-11H,3-4,9H2,1-2H3,(H,23,25,26). The summed E-state index contributed by atoms with van der Waals surface area (Å²) in [5.41, 5.74) is 2.97. The van der Waals surface area contributed by atoms with Crippen molar-refractivity contribution in [3.8, 4) is 5.75 Å². The van der Waals surface area contributed by atoms with E-state index in [4.69, 9.17) is 32.9 Å². The number of nitrogens with one attached hydrogen (secondary N) is 1. The second-order valence-electron chi connectivity index (χ2n) is 6.08. The molecule has 0 spiro atoms. The molecule has 0 fully saturated rings. The van der Waals surface area contributed by atoms with Crippen molar-refractivity contribution in [2.75, 3.05) is 12.4 Å². The van der Waals surface area contributed by atoms with E-state index in [2.05, 4.69) is 17.2 Å². The lowest BCUT2D eigenvalue weighted by molar-refractivity contribution is -0.115. The molecule has 140 valence electrons. The number of pyridine rings is 2. The molecule has 0 atom stereocenters. The van der Waals surface area contributed by atoms with Crippen LogP contribution in [0.1, 0.15) is 24.6 Å². The molecule has 5 nitrogen and oxygen atoms in total. The smallest absolute Gasteiger partial charge is 0.228 e. The van der Waals surface area contributed by atoms with Gasteiger partial charge in [-0.2, -0.15) is 0 Å². The quantitative estimate of drug-likeness (QED) is 0.623. The summed E-state index contributed by atoms with van der Waals surface area (Å²) in [5.74, 6) is 0.460. The third-order valence-corrected chi connectivity index (χ3v) is 4.74. The maximum absolute atomic E-state index is 12.6. The van der Waals surface area contributed by atoms with Gasteiger partial charge in [0.05, 0.1) is 29.3 Å². The Bertz CT molecular complexity index is 972. The molecule has 0 aliphatic carbocycles. The normalized spacial score (nSPS) is 10.8. The number of carbonyl (C=O) groups excluding carboxylic acids is 1. The van der Waals surface area contributed by atoms with E-state index in [9.17, 15) is 4.79 Å². The van der Waals surface area contributed by atoms with Crippen LogP contribution >= 0.6 is 23.2 Å². The number of amides is 1. The molecule has 0 aliphatic heterocycles. The lowest BCUT2D eigenvalue weighted by atomic mass is 10.0. The van der Waals surface area contributed by atoms with E-state index < -0.39 is 0 Å². The summed E-state index contributed by atoms with van der Waals surface area (Å²) in [4.78, 5) is 21.1. The molecule has 0 radical (unpaired) electrons. The molecule has 0 saturated heterocycles. The highest BCUT2D eigenvalue weighted by molar-refractivity contribution is 6.39. The summed E-state index contributed by atoms with van der Waals surface area (Å²) in [6, 6.07) is 7.69. The zero-order valence-electron chi connectivity index (χ0n) is 15.1. The number of ether oxygens (including phenoxy) is 1. The number of aryl methyl sites for hydroxylation is 1. The summed E-state index contributed by atoms with van der Waals surface area (Å²) in [6.45, 7) is 2.11. The monoisotopic (exact) mass is 403 g/mol. The van der Waals surface area contributed by atoms with E-state index in [0.717, 1.165) is 35.0 Å². The number of methoxy groups -OCH3 is 1. The molecule has 2 heterocycles. The first-order chi connectivity index (χ1) is 13.0. The van der Waals surface area contributed by atoms with Crippen molar-refractivity contribution >= 4 is 45.7 Å². The summed E-state index contributed by atoms with van der Waals surface area (Å²) in [7, 11) is 1.61. The minimum Gasteiger partial charge on any atom is -0.494 e. The third kappa shape index (κ3) is 4.31. The SMILES string of the molecule is CCCc1ccc2c(CC(=O)Nc3c(Cl)cncc3Cl)ccc(OC)c2n1. The Morgan fingerprint density at radius 3 is 2.56 bits per heavy atom. The highest BCUT2D eigenvalue weighted by Crippen LogP contribution is 2.30. The molecular formula is C20H19Cl2N3O2. The van der Waals surface area contributed by atoms with Gasteiger partial charge in [0.1, 0.15) is 11.3 Å². The fourth-order valence-corrected chi connectivity index (χ4v) is 3.35. The number of anilines is 1. The van der Waals surface area contributed by atoms with E-state index >= 15 is 0 Å². The van der Waals surface area contributed by atoms with Crippen LogP contribution in [-0.2, 0) is 17.6 Å². The largest absolute Gasteiger partial charge is 0.494 e. The van der Waals surface area contributed by atoms with Crippen LogP contribution in [0.2, 0.25) is 10.0 Å². The van der Waals surface area contributed by atoms with Crippen molar-refractivity contribution in [3.63, 3.8) is 0 Å². The van der Waals surface area contributed by atoms with E-state index in [0.29, 0.717) is 21.5 Å². The van der Waals surface area contributed by atoms with Gasteiger partial charge in [0.15, 0.2) is 0 Å². The number of hydrogen-bond acceptors (Lipinski definition) is 4. The molecule has 1 N–H and O–H groups in total. The van der Waals surface area contributed by atoms with Crippen molar-refractivity contribution < 1.29 is 9.53 Å². The number of aromatic nitrogens is 2. The van der Waals surface area contributed by atoms with Gasteiger partial charge in [0, 0.05) is 23.5 Å². The van der Waals surface area contributed by atoms with Gasteiger partial charge in [-0.05, 0) is 24.1 Å². The minimum absolute atomic E-state index is 0.157. The molecule has 2 aromatic heterocycles. The number of fused-ring (bicyclic) bond motifs is 1. The van der Waals surface area contributed by atoms with E-state index in [1.165, 1.54) is 12.4 Å². The Hall–Kier alpha value is -2.37. The first-order valence-corrected chi connectivity index (χ1v) is 9.33. The number of carbonyl (C=O) groups is 1. The summed E-state index contributed by atoms with van der Waals surface area (Å²) in [6.07, 6.45) is 4.93. The number of halogens is 2. The zero-order chi connectivity index (χ0) is 19.4. The fourth-order valence-electron chi connectivity index (χ4n) is 2.89. The van der Waals surface area contributed by atoms with Gasteiger partial charge < -0.3 is 10.1 Å². The predicted molar refractivity (Wildman–Crippen MR) is 109 cm³/mol. The van der Waals surface area contributed by atoms with Gasteiger partial charge in [0.25, 0.3) is 0 Å². The molecule has 0 saturated carbocycles. The zero-order valence-corrected chi connectivity index (χ0v) is 16.6. The highest BCUT2D eigenvalue weighted by atomic mass is 35.5. The van der Waals surface area contributed by atoms with Crippen molar-refractivity contribution in [1.82, 2.24) is 9.97 Å². The maximum Gasteiger partial charge on any atom is 0.228 e. The molecule has 0 unspecified atom stereocenters. The third-order valence-electron chi connectivity index (χ3n) is 4.16. The number of nitrogens with zero attached hydrogens (tertiary/aromatic N) is 2. The second kappa shape index (κ2) is 8.55. The van der Waals surface area contributed by atoms with Gasteiger partial charge in [0.2, 0.25) is 5.91 Å². The van der Waals surface area contributed by atoms with Crippen LogP contribution in [0.4, 0.5) is 5.69 Å². The van der Waals surface area contributed by atoms with Crippen molar-refractivity contribution in [3.05, 3.63) is 58.0 Å². The number of benzene rings is 1. The molecule has 1 aromatic carbocycles. The molecule has 27 heavy (non-hydrogen) atoms. The molecule has 0 bridgehead atoms. The van der Waals surface area contributed by atoms with Crippen LogP contribution in [0.5, 0.6) is 5.75 Å². The van der Waals surface area contributed by atoms with Gasteiger partial charge in [-0.25, -0.2) is 4.98 Å². The van der Waals surface area contributed by atoms with E-state index in [1.54, 1.807) is 7.11 Å². The Balaban J connectivity index is 1.91. The summed E-state index contributed by atoms with van der Waals surface area (Å²) >= 11 is 12.1. The predicted octanol–water partition coefficient (Wildman–Crippen LogP) is 5.08. The van der Waals surface area contributed by atoms with E-state index in [-0.39, 0.29) is 12.3 Å². The Morgan fingerprint density at radius 2 is 1.89 bits per heavy atom. The first-order valence-electron chi connectivity index (χ1n) is 8.57. The topological polar surface area (TPSA) is 64.1 Å². The minimum atomic E-state index is -0.228. The maximum atomic E-state index is 12.6. The number of hydrogen-bond donors (Lipinski definition) is 1. The van der Waals surface area contributed by atoms with Crippen LogP contribution in [0.25, 0.3) is 10.9 Å². The van der Waals surface area contributed by atoms with Gasteiger partial charge in [-0.15, -0.1) is 0 Å². The van der Waals surface area contributed by atoms with Crippen molar-refractivity contribution in [2.24, 2.45) is 0 Å². The number of rotatable bonds is 6. The molecule has 7 heteroatoms. The first kappa shape index (κ1) is 19.4. The van der Waals surface area contributed by atoms with Crippen LogP contribution in [0, 0.1) is 0 Å². The molecule has 1 amide bonds. The van der Waals surface area contributed by atoms with Crippen molar-refractivity contribution in [1.29, 1.82) is 0 Å². The lowest BCUT2D eigenvalue weighted by Crippen LogP contribution is -2.15. The fraction of sp³-hybridized carbons (Fsp3) is 0.250. The Kier molecular flexibility index (Phi) is 6.14. The summed E-state index contributed by atoms with van der Waals surface area (Å²) in [5, 5.41) is 4.23. The van der Waals surface area contributed by atoms with Crippen LogP contribution in [-0.4, -0.2) is 23.0 Å². The molecule has 0 aliphatic rings. The van der Waals surface area contributed by atoms with E-state index in [1.807, 2.05) is 24.3 Å². The van der Waals surface area contributed by atoms with Gasteiger partial charge in [-0.1, -0.05) is 48.7 Å². The molecular weight excluding hydrogens is 385 g/mol. The van der Waals surface area contributed by atoms with Gasteiger partial charge >= 0.3 is 0 Å². The van der Waals surface area contributed by atoms with Crippen LogP contribution < -0.4 is 10.1 Å². The summed E-state index contributed by atoms with van der Waals surface area (Å²) < 4.78 is 5.44. The second-order valence-corrected chi connectivity index (χ2v) is 6.89. The molecule has 3 rings (SSSR count). The average Bonchev–Trinajstić information content (AvgIpc) is 2.65. The average molecular weight is 404 g/mol. The Morgan fingerprint density at radius 1 is 1.15 bits per heavy atom. The lowest BCUT2D eigenvalue weighted by Gasteiger charge is -2.12. The van der Waals surface area contributed by atoms with Crippen LogP contribution in [0.3, 0.4) is 0 Å². The highest BCUT2D eigenvalue weighted by Gasteiger charge is 2.14.